The molecule has 0 aromatic heterocycles. The summed E-state index contributed by atoms with van der Waals surface area (Å²) in [5.41, 5.74) is 2.54. The molecule has 1 aliphatic rings. The average molecular weight is 220 g/mol. The molecule has 3 heteroatoms. The highest BCUT2D eigenvalue weighted by Gasteiger charge is 2.11. The van der Waals surface area contributed by atoms with Crippen LogP contribution >= 0.6 is 0 Å². The van der Waals surface area contributed by atoms with Crippen LogP contribution in [-0.2, 0) is 4.74 Å². The minimum Gasteiger partial charge on any atom is -0.385 e. The summed E-state index contributed by atoms with van der Waals surface area (Å²) in [6.45, 7) is 5.79. The van der Waals surface area contributed by atoms with E-state index in [0.29, 0.717) is 6.04 Å². The number of hydrogen-bond donors (Lipinski definition) is 2. The number of anilines is 1. The van der Waals surface area contributed by atoms with Crippen molar-refractivity contribution in [2.75, 3.05) is 31.6 Å². The Morgan fingerprint density at radius 2 is 2.31 bits per heavy atom. The summed E-state index contributed by atoms with van der Waals surface area (Å²) in [6, 6.07) is 8.89. The summed E-state index contributed by atoms with van der Waals surface area (Å²) in [5, 5.41) is 6.92. The molecule has 3 nitrogen and oxygen atoms in total. The summed E-state index contributed by atoms with van der Waals surface area (Å²) < 4.78 is 5.42. The number of rotatable bonds is 4. The van der Waals surface area contributed by atoms with Crippen LogP contribution in [0, 0.1) is 6.92 Å². The van der Waals surface area contributed by atoms with Crippen molar-refractivity contribution in [1.82, 2.24) is 5.32 Å². The molecule has 0 amide bonds. The van der Waals surface area contributed by atoms with Crippen LogP contribution in [0.1, 0.15) is 12.0 Å². The summed E-state index contributed by atoms with van der Waals surface area (Å²) in [5.74, 6) is 0. The summed E-state index contributed by atoms with van der Waals surface area (Å²) in [4.78, 5) is 0. The second kappa shape index (κ2) is 5.87. The molecule has 1 atom stereocenters. The Labute approximate surface area is 97.2 Å². The lowest BCUT2D eigenvalue weighted by molar-refractivity contribution is 0.0753. The van der Waals surface area contributed by atoms with Gasteiger partial charge in [0.05, 0.1) is 13.2 Å². The van der Waals surface area contributed by atoms with E-state index in [4.69, 9.17) is 4.74 Å². The Morgan fingerprint density at radius 3 is 3.06 bits per heavy atom. The van der Waals surface area contributed by atoms with Gasteiger partial charge in [0.25, 0.3) is 0 Å². The van der Waals surface area contributed by atoms with Crippen molar-refractivity contribution in [3.8, 4) is 0 Å². The van der Waals surface area contributed by atoms with E-state index in [0.717, 1.165) is 32.7 Å². The first-order valence-corrected chi connectivity index (χ1v) is 5.97. The first-order chi connectivity index (χ1) is 7.86. The van der Waals surface area contributed by atoms with Crippen molar-refractivity contribution in [1.29, 1.82) is 0 Å². The van der Waals surface area contributed by atoms with E-state index < -0.39 is 0 Å². The van der Waals surface area contributed by atoms with Gasteiger partial charge in [0, 0.05) is 24.8 Å². The molecule has 1 aromatic rings. The maximum absolute atomic E-state index is 5.42. The fraction of sp³-hybridized carbons (Fsp3) is 0.538. The molecule has 2 N–H and O–H groups in total. The van der Waals surface area contributed by atoms with Crippen LogP contribution in [0.15, 0.2) is 24.3 Å². The van der Waals surface area contributed by atoms with Gasteiger partial charge in [0.1, 0.15) is 0 Å². The number of para-hydroxylation sites is 1. The van der Waals surface area contributed by atoms with Crippen LogP contribution in [0.5, 0.6) is 0 Å². The van der Waals surface area contributed by atoms with E-state index >= 15 is 0 Å². The Hall–Kier alpha value is -1.06. The Balaban J connectivity index is 1.73. The maximum atomic E-state index is 5.42. The highest BCUT2D eigenvalue weighted by atomic mass is 16.5. The average Bonchev–Trinajstić information content (AvgIpc) is 2.33. The van der Waals surface area contributed by atoms with Gasteiger partial charge in [-0.05, 0) is 25.0 Å². The van der Waals surface area contributed by atoms with E-state index in [9.17, 15) is 0 Å². The number of hydrogen-bond acceptors (Lipinski definition) is 3. The first-order valence-electron chi connectivity index (χ1n) is 5.97. The van der Waals surface area contributed by atoms with Gasteiger partial charge < -0.3 is 15.4 Å². The van der Waals surface area contributed by atoms with Crippen LogP contribution in [0.25, 0.3) is 0 Å². The van der Waals surface area contributed by atoms with Gasteiger partial charge in [-0.2, -0.15) is 0 Å². The zero-order valence-corrected chi connectivity index (χ0v) is 9.83. The standard InChI is InChI=1S/C13H20N2O/c1-11-4-2-3-5-13(11)15-7-6-12-10-16-9-8-14-12/h2-5,12,14-15H,6-10H2,1H3. The van der Waals surface area contributed by atoms with Crippen LogP contribution < -0.4 is 10.6 Å². The predicted molar refractivity (Wildman–Crippen MR) is 66.9 cm³/mol. The van der Waals surface area contributed by atoms with Crippen molar-refractivity contribution in [2.24, 2.45) is 0 Å². The topological polar surface area (TPSA) is 33.3 Å². The van der Waals surface area contributed by atoms with Crippen LogP contribution in [0.4, 0.5) is 5.69 Å². The second-order valence-corrected chi connectivity index (χ2v) is 4.26. The third-order valence-electron chi connectivity index (χ3n) is 2.95. The molecule has 0 spiro atoms. The van der Waals surface area contributed by atoms with Crippen LogP contribution in [-0.4, -0.2) is 32.3 Å². The Kier molecular flexibility index (Phi) is 4.19. The van der Waals surface area contributed by atoms with Gasteiger partial charge in [-0.3, -0.25) is 0 Å². The van der Waals surface area contributed by atoms with Crippen molar-refractivity contribution in [3.05, 3.63) is 29.8 Å². The van der Waals surface area contributed by atoms with Crippen LogP contribution in [0.3, 0.4) is 0 Å². The molecule has 1 aliphatic heterocycles. The van der Waals surface area contributed by atoms with Gasteiger partial charge in [0.2, 0.25) is 0 Å². The van der Waals surface area contributed by atoms with E-state index in [2.05, 4.69) is 41.8 Å². The molecule has 88 valence electrons. The molecule has 1 unspecified atom stereocenters. The molecule has 0 bridgehead atoms. The third-order valence-corrected chi connectivity index (χ3v) is 2.95. The SMILES string of the molecule is Cc1ccccc1NCCC1COCCN1. The van der Waals surface area contributed by atoms with Crippen LogP contribution in [0.2, 0.25) is 0 Å². The third kappa shape index (κ3) is 3.22. The monoisotopic (exact) mass is 220 g/mol. The summed E-state index contributed by atoms with van der Waals surface area (Å²) in [6.07, 6.45) is 1.11. The predicted octanol–water partition coefficient (Wildman–Crippen LogP) is 1.79. The number of aryl methyl sites for hydroxylation is 1. The largest absolute Gasteiger partial charge is 0.385 e. The van der Waals surface area contributed by atoms with Crippen molar-refractivity contribution >= 4 is 5.69 Å². The Bertz CT molecular complexity index is 321. The molecule has 16 heavy (non-hydrogen) atoms. The minimum atomic E-state index is 0.505. The molecule has 2 rings (SSSR count). The van der Waals surface area contributed by atoms with E-state index in [1.165, 1.54) is 11.3 Å². The normalized spacial score (nSPS) is 20.7. The molecular weight excluding hydrogens is 200 g/mol. The molecule has 0 aliphatic carbocycles. The van der Waals surface area contributed by atoms with Gasteiger partial charge in [0.15, 0.2) is 0 Å². The minimum absolute atomic E-state index is 0.505. The zero-order valence-electron chi connectivity index (χ0n) is 9.83. The number of ether oxygens (including phenoxy) is 1. The molecule has 1 aromatic carbocycles. The molecular formula is C13H20N2O. The number of nitrogens with one attached hydrogen (secondary N) is 2. The number of benzene rings is 1. The second-order valence-electron chi connectivity index (χ2n) is 4.26. The molecule has 1 fully saturated rings. The van der Waals surface area contributed by atoms with Gasteiger partial charge in [-0.25, -0.2) is 0 Å². The van der Waals surface area contributed by atoms with Crippen molar-refractivity contribution in [3.63, 3.8) is 0 Å². The molecule has 1 saturated heterocycles. The van der Waals surface area contributed by atoms with E-state index in [-0.39, 0.29) is 0 Å². The van der Waals surface area contributed by atoms with Crippen molar-refractivity contribution < 1.29 is 4.74 Å². The van der Waals surface area contributed by atoms with E-state index in [1.54, 1.807) is 0 Å². The fourth-order valence-electron chi connectivity index (χ4n) is 1.96. The first kappa shape index (κ1) is 11.4. The lowest BCUT2D eigenvalue weighted by Crippen LogP contribution is -2.42. The summed E-state index contributed by atoms with van der Waals surface area (Å²) in [7, 11) is 0. The maximum Gasteiger partial charge on any atom is 0.0620 e. The number of morpholine rings is 1. The van der Waals surface area contributed by atoms with Crippen molar-refractivity contribution in [2.45, 2.75) is 19.4 Å². The lowest BCUT2D eigenvalue weighted by Gasteiger charge is -2.24. The highest BCUT2D eigenvalue weighted by molar-refractivity contribution is 5.50. The highest BCUT2D eigenvalue weighted by Crippen LogP contribution is 2.13. The summed E-state index contributed by atoms with van der Waals surface area (Å²) >= 11 is 0. The lowest BCUT2D eigenvalue weighted by atomic mass is 10.1. The quantitative estimate of drug-likeness (QED) is 0.811. The fourth-order valence-corrected chi connectivity index (χ4v) is 1.96. The van der Waals surface area contributed by atoms with Gasteiger partial charge >= 0.3 is 0 Å². The smallest absolute Gasteiger partial charge is 0.0620 e. The van der Waals surface area contributed by atoms with Gasteiger partial charge in [-0.1, -0.05) is 18.2 Å². The zero-order chi connectivity index (χ0) is 11.2. The Morgan fingerprint density at radius 1 is 1.44 bits per heavy atom. The molecule has 1 heterocycles. The molecule has 0 saturated carbocycles. The van der Waals surface area contributed by atoms with Gasteiger partial charge in [-0.15, -0.1) is 0 Å². The molecule has 0 radical (unpaired) electrons. The van der Waals surface area contributed by atoms with E-state index in [1.807, 2.05) is 0 Å².